The van der Waals surface area contributed by atoms with Crippen LogP contribution in [-0.4, -0.2) is 37.5 Å². The molecule has 15 heavy (non-hydrogen) atoms. The van der Waals surface area contributed by atoms with Gasteiger partial charge in [-0.3, -0.25) is 4.79 Å². The summed E-state index contributed by atoms with van der Waals surface area (Å²) >= 11 is 4.78. The average molecular weight is 291 g/mol. The van der Waals surface area contributed by atoms with Gasteiger partial charge in [0.2, 0.25) is 0 Å². The Bertz CT molecular complexity index is 338. The molecule has 1 aromatic heterocycles. The quantitative estimate of drug-likeness (QED) is 0.922. The van der Waals surface area contributed by atoms with Crippen molar-refractivity contribution >= 4 is 33.2 Å². The van der Waals surface area contributed by atoms with Gasteiger partial charge in [0.25, 0.3) is 5.91 Å². The standard InChI is InChI=1S/C10H15BrN2OS/c1-7(6-13(2)3)12-10(14)8-4-5-9(11)15-8/h4-5,7H,6H2,1-3H3,(H,12,14). The minimum absolute atomic E-state index is 0.0000463. The maximum absolute atomic E-state index is 11.7. The van der Waals surface area contributed by atoms with E-state index in [1.807, 2.05) is 33.2 Å². The first kappa shape index (κ1) is 12.7. The molecule has 0 aliphatic heterocycles. The molecule has 1 heterocycles. The molecule has 0 aliphatic rings. The number of hydrogen-bond acceptors (Lipinski definition) is 3. The van der Waals surface area contributed by atoms with E-state index in [-0.39, 0.29) is 11.9 Å². The Labute approximate surface area is 103 Å². The van der Waals surface area contributed by atoms with Crippen LogP contribution in [0, 0.1) is 0 Å². The van der Waals surface area contributed by atoms with E-state index < -0.39 is 0 Å². The van der Waals surface area contributed by atoms with E-state index >= 15 is 0 Å². The zero-order valence-corrected chi connectivity index (χ0v) is 11.5. The first-order valence-corrected chi connectivity index (χ1v) is 6.31. The Hall–Kier alpha value is -0.390. The van der Waals surface area contributed by atoms with Crippen LogP contribution < -0.4 is 5.32 Å². The highest BCUT2D eigenvalue weighted by atomic mass is 79.9. The maximum Gasteiger partial charge on any atom is 0.261 e. The van der Waals surface area contributed by atoms with Crippen LogP contribution >= 0.6 is 27.3 Å². The van der Waals surface area contributed by atoms with Crippen LogP contribution in [0.15, 0.2) is 15.9 Å². The van der Waals surface area contributed by atoms with Crippen molar-refractivity contribution in [2.75, 3.05) is 20.6 Å². The van der Waals surface area contributed by atoms with Crippen LogP contribution in [0.4, 0.5) is 0 Å². The molecule has 0 spiro atoms. The van der Waals surface area contributed by atoms with Crippen molar-refractivity contribution in [3.8, 4) is 0 Å². The van der Waals surface area contributed by atoms with Gasteiger partial charge in [-0.05, 0) is 49.1 Å². The Morgan fingerprint density at radius 2 is 2.27 bits per heavy atom. The number of carbonyl (C=O) groups is 1. The van der Waals surface area contributed by atoms with Crippen molar-refractivity contribution in [1.82, 2.24) is 10.2 Å². The minimum Gasteiger partial charge on any atom is -0.348 e. The van der Waals surface area contributed by atoms with Gasteiger partial charge in [-0.25, -0.2) is 0 Å². The third kappa shape index (κ3) is 4.32. The first-order valence-electron chi connectivity index (χ1n) is 4.70. The molecule has 3 nitrogen and oxygen atoms in total. The minimum atomic E-state index is 0.0000463. The molecule has 1 aromatic rings. The van der Waals surface area contributed by atoms with Crippen LogP contribution in [0.5, 0.6) is 0 Å². The topological polar surface area (TPSA) is 32.3 Å². The highest BCUT2D eigenvalue weighted by Crippen LogP contribution is 2.21. The summed E-state index contributed by atoms with van der Waals surface area (Å²) < 4.78 is 0.980. The number of hydrogen-bond donors (Lipinski definition) is 1. The molecular weight excluding hydrogens is 276 g/mol. The van der Waals surface area contributed by atoms with Crippen molar-refractivity contribution in [3.05, 3.63) is 20.8 Å². The first-order chi connectivity index (χ1) is 6.99. The van der Waals surface area contributed by atoms with Gasteiger partial charge < -0.3 is 10.2 Å². The summed E-state index contributed by atoms with van der Waals surface area (Å²) in [6, 6.07) is 3.87. The van der Waals surface area contributed by atoms with Gasteiger partial charge in [-0.15, -0.1) is 11.3 Å². The van der Waals surface area contributed by atoms with Gasteiger partial charge in [0, 0.05) is 12.6 Å². The smallest absolute Gasteiger partial charge is 0.261 e. The van der Waals surface area contributed by atoms with Crippen LogP contribution in [-0.2, 0) is 0 Å². The number of nitrogens with zero attached hydrogens (tertiary/aromatic N) is 1. The number of thiophene rings is 1. The third-order valence-electron chi connectivity index (χ3n) is 1.81. The molecule has 5 heteroatoms. The van der Waals surface area contributed by atoms with Crippen molar-refractivity contribution in [1.29, 1.82) is 0 Å². The lowest BCUT2D eigenvalue weighted by Gasteiger charge is -2.17. The molecule has 1 rings (SSSR count). The van der Waals surface area contributed by atoms with Gasteiger partial charge in [-0.1, -0.05) is 0 Å². The highest BCUT2D eigenvalue weighted by Gasteiger charge is 2.11. The van der Waals surface area contributed by atoms with E-state index in [1.54, 1.807) is 0 Å². The Morgan fingerprint density at radius 3 is 2.73 bits per heavy atom. The average Bonchev–Trinajstić information content (AvgIpc) is 2.49. The number of carbonyl (C=O) groups excluding carboxylic acids is 1. The highest BCUT2D eigenvalue weighted by molar-refractivity contribution is 9.11. The third-order valence-corrected chi connectivity index (χ3v) is 3.44. The molecule has 0 saturated carbocycles. The SMILES string of the molecule is CC(CN(C)C)NC(=O)c1ccc(Br)s1. The Morgan fingerprint density at radius 1 is 1.60 bits per heavy atom. The van der Waals surface area contributed by atoms with Gasteiger partial charge in [-0.2, -0.15) is 0 Å². The van der Waals surface area contributed by atoms with Crippen LogP contribution in [0.3, 0.4) is 0 Å². The van der Waals surface area contributed by atoms with E-state index in [1.165, 1.54) is 11.3 Å². The molecule has 1 N–H and O–H groups in total. The predicted octanol–water partition coefficient (Wildman–Crippen LogP) is 2.19. The molecule has 84 valence electrons. The summed E-state index contributed by atoms with van der Waals surface area (Å²) in [5, 5.41) is 2.95. The van der Waals surface area contributed by atoms with Crippen LogP contribution in [0.25, 0.3) is 0 Å². The molecule has 0 aliphatic carbocycles. The van der Waals surface area contributed by atoms with Gasteiger partial charge in [0.15, 0.2) is 0 Å². The number of halogens is 1. The number of nitrogens with one attached hydrogen (secondary N) is 1. The molecule has 1 unspecified atom stereocenters. The van der Waals surface area contributed by atoms with E-state index in [0.717, 1.165) is 15.2 Å². The van der Waals surface area contributed by atoms with Crippen molar-refractivity contribution in [2.24, 2.45) is 0 Å². The summed E-state index contributed by atoms with van der Waals surface area (Å²) in [5.74, 6) is 0.0000463. The molecule has 0 aromatic carbocycles. The largest absolute Gasteiger partial charge is 0.348 e. The lowest BCUT2D eigenvalue weighted by molar-refractivity contribution is 0.0938. The summed E-state index contributed by atoms with van der Waals surface area (Å²) in [4.78, 5) is 14.5. The maximum atomic E-state index is 11.7. The number of rotatable bonds is 4. The summed E-state index contributed by atoms with van der Waals surface area (Å²) in [6.07, 6.45) is 0. The molecule has 1 atom stereocenters. The summed E-state index contributed by atoms with van der Waals surface area (Å²) in [5.41, 5.74) is 0. The predicted molar refractivity (Wildman–Crippen MR) is 67.5 cm³/mol. The van der Waals surface area contributed by atoms with Crippen LogP contribution in [0.2, 0.25) is 0 Å². The Kier molecular flexibility index (Phi) is 4.76. The summed E-state index contributed by atoms with van der Waals surface area (Å²) in [7, 11) is 3.98. The molecule has 0 bridgehead atoms. The van der Waals surface area contributed by atoms with Crippen molar-refractivity contribution in [2.45, 2.75) is 13.0 Å². The lowest BCUT2D eigenvalue weighted by Crippen LogP contribution is -2.39. The zero-order valence-electron chi connectivity index (χ0n) is 9.08. The number of amides is 1. The van der Waals surface area contributed by atoms with Gasteiger partial charge >= 0.3 is 0 Å². The normalized spacial score (nSPS) is 12.9. The lowest BCUT2D eigenvalue weighted by atomic mass is 10.3. The number of likely N-dealkylation sites (N-methyl/N-ethyl adjacent to an activating group) is 1. The van der Waals surface area contributed by atoms with E-state index in [9.17, 15) is 4.79 Å². The van der Waals surface area contributed by atoms with E-state index in [4.69, 9.17) is 0 Å². The summed E-state index contributed by atoms with van der Waals surface area (Å²) in [6.45, 7) is 2.85. The van der Waals surface area contributed by atoms with Gasteiger partial charge in [0.05, 0.1) is 8.66 Å². The fraction of sp³-hybridized carbons (Fsp3) is 0.500. The van der Waals surface area contributed by atoms with Crippen molar-refractivity contribution < 1.29 is 4.79 Å². The molecule has 1 amide bonds. The zero-order chi connectivity index (χ0) is 11.4. The Balaban J connectivity index is 2.49. The molecule has 0 radical (unpaired) electrons. The second-order valence-electron chi connectivity index (χ2n) is 3.74. The molecule has 0 fully saturated rings. The molecule has 0 saturated heterocycles. The van der Waals surface area contributed by atoms with Crippen LogP contribution in [0.1, 0.15) is 16.6 Å². The monoisotopic (exact) mass is 290 g/mol. The second-order valence-corrected chi connectivity index (χ2v) is 6.20. The van der Waals surface area contributed by atoms with E-state index in [2.05, 4.69) is 26.1 Å². The fourth-order valence-corrected chi connectivity index (χ4v) is 2.61. The fourth-order valence-electron chi connectivity index (χ4n) is 1.32. The van der Waals surface area contributed by atoms with E-state index in [0.29, 0.717) is 0 Å². The molecular formula is C10H15BrN2OS. The van der Waals surface area contributed by atoms with Crippen molar-refractivity contribution in [3.63, 3.8) is 0 Å². The second kappa shape index (κ2) is 5.63. The van der Waals surface area contributed by atoms with Gasteiger partial charge in [0.1, 0.15) is 0 Å².